The maximum Gasteiger partial charge on any atom is 0.262 e. The molecule has 2 aliphatic heterocycles. The Bertz CT molecular complexity index is 543. The zero-order chi connectivity index (χ0) is 13.4. The number of hydrogen-bond donors (Lipinski definition) is 2. The van der Waals surface area contributed by atoms with Crippen molar-refractivity contribution in [1.29, 1.82) is 0 Å². The number of fused-ring (bicyclic) bond motifs is 1. The fourth-order valence-electron chi connectivity index (χ4n) is 2.38. The molecule has 0 radical (unpaired) electrons. The third-order valence-electron chi connectivity index (χ3n) is 3.37. The molecule has 1 aromatic rings. The molecule has 100 valence electrons. The van der Waals surface area contributed by atoms with E-state index in [0.29, 0.717) is 24.4 Å². The minimum atomic E-state index is -0.183. The molecule has 6 nitrogen and oxygen atoms in total. The first-order valence-corrected chi connectivity index (χ1v) is 6.15. The zero-order valence-electron chi connectivity index (χ0n) is 10.3. The molecule has 3 rings (SSSR count). The van der Waals surface area contributed by atoms with Crippen molar-refractivity contribution in [3.8, 4) is 5.75 Å². The number of aliphatic hydroxyl groups excluding tert-OH is 1. The SMILES string of the molecule is O=C1COc2cc(N3CC(CO)CC3=O)ccc2N1. The summed E-state index contributed by atoms with van der Waals surface area (Å²) in [5.41, 5.74) is 1.35. The summed E-state index contributed by atoms with van der Waals surface area (Å²) >= 11 is 0. The molecule has 2 aliphatic rings. The molecular weight excluding hydrogens is 248 g/mol. The van der Waals surface area contributed by atoms with Crippen LogP contribution >= 0.6 is 0 Å². The number of nitrogens with zero attached hydrogens (tertiary/aromatic N) is 1. The van der Waals surface area contributed by atoms with Crippen molar-refractivity contribution >= 4 is 23.2 Å². The molecular formula is C13H14N2O4. The Kier molecular flexibility index (Phi) is 2.87. The number of carbonyl (C=O) groups excluding carboxylic acids is 2. The van der Waals surface area contributed by atoms with E-state index in [-0.39, 0.29) is 30.9 Å². The van der Waals surface area contributed by atoms with E-state index in [4.69, 9.17) is 9.84 Å². The van der Waals surface area contributed by atoms with E-state index >= 15 is 0 Å². The monoisotopic (exact) mass is 262 g/mol. The van der Waals surface area contributed by atoms with Gasteiger partial charge < -0.3 is 20.1 Å². The van der Waals surface area contributed by atoms with Crippen LogP contribution < -0.4 is 15.0 Å². The predicted molar refractivity (Wildman–Crippen MR) is 68.1 cm³/mol. The Labute approximate surface area is 110 Å². The van der Waals surface area contributed by atoms with Gasteiger partial charge in [-0.2, -0.15) is 0 Å². The molecule has 1 unspecified atom stereocenters. The first kappa shape index (κ1) is 12.0. The van der Waals surface area contributed by atoms with Crippen molar-refractivity contribution in [3.63, 3.8) is 0 Å². The first-order chi connectivity index (χ1) is 9.17. The van der Waals surface area contributed by atoms with Crippen LogP contribution in [-0.2, 0) is 9.59 Å². The molecule has 1 atom stereocenters. The topological polar surface area (TPSA) is 78.9 Å². The maximum absolute atomic E-state index is 11.9. The molecule has 6 heteroatoms. The standard InChI is InChI=1S/C13H14N2O4/c16-6-8-3-13(18)15(5-8)9-1-2-10-11(4-9)19-7-12(17)14-10/h1-2,4,8,16H,3,5-7H2,(H,14,17). The lowest BCUT2D eigenvalue weighted by Crippen LogP contribution is -2.27. The molecule has 0 aromatic heterocycles. The molecule has 2 heterocycles. The summed E-state index contributed by atoms with van der Waals surface area (Å²) in [6.07, 6.45) is 0.366. The first-order valence-electron chi connectivity index (χ1n) is 6.15. The van der Waals surface area contributed by atoms with Gasteiger partial charge in [0, 0.05) is 37.2 Å². The largest absolute Gasteiger partial charge is 0.482 e. The summed E-state index contributed by atoms with van der Waals surface area (Å²) in [4.78, 5) is 24.7. The summed E-state index contributed by atoms with van der Waals surface area (Å²) in [7, 11) is 0. The highest BCUT2D eigenvalue weighted by Gasteiger charge is 2.30. The van der Waals surface area contributed by atoms with E-state index in [2.05, 4.69) is 5.32 Å². The molecule has 0 aliphatic carbocycles. The normalized spacial score (nSPS) is 21.9. The zero-order valence-corrected chi connectivity index (χ0v) is 10.3. The fourth-order valence-corrected chi connectivity index (χ4v) is 2.38. The van der Waals surface area contributed by atoms with Crippen molar-refractivity contribution in [2.45, 2.75) is 6.42 Å². The minimum Gasteiger partial charge on any atom is -0.482 e. The van der Waals surface area contributed by atoms with E-state index in [9.17, 15) is 9.59 Å². The quantitative estimate of drug-likeness (QED) is 0.806. The third kappa shape index (κ3) is 2.15. The van der Waals surface area contributed by atoms with Crippen LogP contribution in [0.15, 0.2) is 18.2 Å². The van der Waals surface area contributed by atoms with Crippen LogP contribution in [0.5, 0.6) is 5.75 Å². The Hall–Kier alpha value is -2.08. The van der Waals surface area contributed by atoms with Crippen LogP contribution in [0, 0.1) is 5.92 Å². The Morgan fingerprint density at radius 1 is 1.42 bits per heavy atom. The highest BCUT2D eigenvalue weighted by Crippen LogP contribution is 2.34. The summed E-state index contributed by atoms with van der Waals surface area (Å²) in [6.45, 7) is 0.518. The van der Waals surface area contributed by atoms with Crippen molar-refractivity contribution in [3.05, 3.63) is 18.2 Å². The molecule has 1 fully saturated rings. The van der Waals surface area contributed by atoms with Crippen LogP contribution in [0.4, 0.5) is 11.4 Å². The van der Waals surface area contributed by atoms with E-state index in [0.717, 1.165) is 5.69 Å². The molecule has 1 aromatic carbocycles. The van der Waals surface area contributed by atoms with Gasteiger partial charge in [0.1, 0.15) is 5.75 Å². The van der Waals surface area contributed by atoms with Crippen LogP contribution in [-0.4, -0.2) is 36.7 Å². The second-order valence-corrected chi connectivity index (χ2v) is 4.77. The number of anilines is 2. The van der Waals surface area contributed by atoms with Crippen LogP contribution in [0.3, 0.4) is 0 Å². The van der Waals surface area contributed by atoms with Crippen LogP contribution in [0.25, 0.3) is 0 Å². The van der Waals surface area contributed by atoms with Crippen LogP contribution in [0.1, 0.15) is 6.42 Å². The minimum absolute atomic E-state index is 0.00107. The number of benzene rings is 1. The van der Waals surface area contributed by atoms with Gasteiger partial charge in [-0.15, -0.1) is 0 Å². The fraction of sp³-hybridized carbons (Fsp3) is 0.385. The highest BCUT2D eigenvalue weighted by atomic mass is 16.5. The highest BCUT2D eigenvalue weighted by molar-refractivity contribution is 5.98. The predicted octanol–water partition coefficient (Wildman–Crippen LogP) is 0.363. The second kappa shape index (κ2) is 4.55. The van der Waals surface area contributed by atoms with Gasteiger partial charge in [-0.25, -0.2) is 0 Å². The van der Waals surface area contributed by atoms with Gasteiger partial charge in [-0.1, -0.05) is 0 Å². The number of hydrogen-bond acceptors (Lipinski definition) is 4. The Balaban J connectivity index is 1.86. The van der Waals surface area contributed by atoms with Crippen molar-refractivity contribution < 1.29 is 19.4 Å². The van der Waals surface area contributed by atoms with Gasteiger partial charge in [-0.3, -0.25) is 9.59 Å². The molecule has 2 N–H and O–H groups in total. The smallest absolute Gasteiger partial charge is 0.262 e. The molecule has 0 bridgehead atoms. The van der Waals surface area contributed by atoms with E-state index in [1.807, 2.05) is 0 Å². The Morgan fingerprint density at radius 3 is 3.00 bits per heavy atom. The lowest BCUT2D eigenvalue weighted by atomic mass is 10.1. The molecule has 1 saturated heterocycles. The number of rotatable bonds is 2. The molecule has 0 saturated carbocycles. The van der Waals surface area contributed by atoms with Gasteiger partial charge in [0.25, 0.3) is 5.91 Å². The summed E-state index contributed by atoms with van der Waals surface area (Å²) in [5.74, 6) is 0.373. The number of amides is 2. The van der Waals surface area contributed by atoms with E-state index < -0.39 is 0 Å². The number of aliphatic hydroxyl groups is 1. The van der Waals surface area contributed by atoms with Gasteiger partial charge in [0.05, 0.1) is 5.69 Å². The van der Waals surface area contributed by atoms with E-state index in [1.54, 1.807) is 23.1 Å². The van der Waals surface area contributed by atoms with Gasteiger partial charge in [-0.05, 0) is 12.1 Å². The number of ether oxygens (including phenoxy) is 1. The molecule has 2 amide bonds. The number of nitrogens with one attached hydrogen (secondary N) is 1. The molecule has 19 heavy (non-hydrogen) atoms. The molecule has 0 spiro atoms. The van der Waals surface area contributed by atoms with Crippen molar-refractivity contribution in [2.24, 2.45) is 5.92 Å². The lowest BCUT2D eigenvalue weighted by Gasteiger charge is -2.22. The van der Waals surface area contributed by atoms with Crippen molar-refractivity contribution in [2.75, 3.05) is 30.0 Å². The van der Waals surface area contributed by atoms with Gasteiger partial charge in [0.2, 0.25) is 5.91 Å². The average molecular weight is 262 g/mol. The van der Waals surface area contributed by atoms with E-state index in [1.165, 1.54) is 0 Å². The summed E-state index contributed by atoms with van der Waals surface area (Å²) < 4.78 is 5.32. The van der Waals surface area contributed by atoms with Crippen molar-refractivity contribution in [1.82, 2.24) is 0 Å². The van der Waals surface area contributed by atoms with Gasteiger partial charge >= 0.3 is 0 Å². The maximum atomic E-state index is 11.9. The average Bonchev–Trinajstić information content (AvgIpc) is 2.79. The van der Waals surface area contributed by atoms with Crippen LogP contribution in [0.2, 0.25) is 0 Å². The lowest BCUT2D eigenvalue weighted by molar-refractivity contribution is -0.119. The second-order valence-electron chi connectivity index (χ2n) is 4.77. The Morgan fingerprint density at radius 2 is 2.26 bits per heavy atom. The summed E-state index contributed by atoms with van der Waals surface area (Å²) in [6, 6.07) is 5.24. The third-order valence-corrected chi connectivity index (χ3v) is 3.37. The number of carbonyl (C=O) groups is 2. The van der Waals surface area contributed by atoms with Gasteiger partial charge in [0.15, 0.2) is 6.61 Å². The summed E-state index contributed by atoms with van der Waals surface area (Å²) in [5, 5.41) is 11.8.